The molecule has 5 heteroatoms. The Morgan fingerprint density at radius 2 is 2.09 bits per heavy atom. The van der Waals surface area contributed by atoms with E-state index >= 15 is 0 Å². The number of rotatable bonds is 1. The molecule has 0 spiro atoms. The molecule has 5 nitrogen and oxygen atoms in total. The molecular formula is C17H23N3O2. The third-order valence-electron chi connectivity index (χ3n) is 4.69. The maximum absolute atomic E-state index is 12.9. The van der Waals surface area contributed by atoms with Crippen molar-refractivity contribution in [2.24, 2.45) is 5.92 Å². The van der Waals surface area contributed by atoms with E-state index in [1.807, 2.05) is 17.0 Å². The minimum absolute atomic E-state index is 0.00964. The van der Waals surface area contributed by atoms with E-state index in [-0.39, 0.29) is 23.8 Å². The van der Waals surface area contributed by atoms with Crippen molar-refractivity contribution < 1.29 is 9.59 Å². The monoisotopic (exact) mass is 301 g/mol. The Labute approximate surface area is 131 Å². The van der Waals surface area contributed by atoms with E-state index in [4.69, 9.17) is 0 Å². The Kier molecular flexibility index (Phi) is 4.05. The number of para-hydroxylation sites is 1. The Morgan fingerprint density at radius 3 is 2.86 bits per heavy atom. The zero-order chi connectivity index (χ0) is 15.7. The van der Waals surface area contributed by atoms with Gasteiger partial charge in [-0.2, -0.15) is 0 Å². The average molecular weight is 301 g/mol. The minimum Gasteiger partial charge on any atom is -0.372 e. The van der Waals surface area contributed by atoms with E-state index in [1.165, 1.54) is 11.3 Å². The lowest BCUT2D eigenvalue weighted by molar-refractivity contribution is -0.142. The Hall–Kier alpha value is -2.04. The van der Waals surface area contributed by atoms with Crippen molar-refractivity contribution in [3.05, 3.63) is 29.8 Å². The van der Waals surface area contributed by atoms with Crippen LogP contribution in [0.2, 0.25) is 0 Å². The van der Waals surface area contributed by atoms with Gasteiger partial charge < -0.3 is 15.1 Å². The number of nitrogens with zero attached hydrogens (tertiary/aromatic N) is 2. The average Bonchev–Trinajstić information content (AvgIpc) is 2.63. The third kappa shape index (κ3) is 2.80. The third-order valence-corrected chi connectivity index (χ3v) is 4.69. The van der Waals surface area contributed by atoms with Gasteiger partial charge >= 0.3 is 0 Å². The van der Waals surface area contributed by atoms with Gasteiger partial charge in [-0.05, 0) is 25.0 Å². The lowest BCUT2D eigenvalue weighted by atomic mass is 9.95. The zero-order valence-corrected chi connectivity index (χ0v) is 13.2. The molecule has 22 heavy (non-hydrogen) atoms. The molecule has 2 heterocycles. The predicted molar refractivity (Wildman–Crippen MR) is 85.5 cm³/mol. The number of carbonyl (C=O) groups excluding carboxylic acids is 2. The molecule has 1 fully saturated rings. The molecule has 0 saturated carbocycles. The number of amides is 2. The Bertz CT molecular complexity index is 587. The highest BCUT2D eigenvalue weighted by atomic mass is 16.2. The summed E-state index contributed by atoms with van der Waals surface area (Å²) in [6, 6.07) is 8.36. The fourth-order valence-corrected chi connectivity index (χ4v) is 3.47. The summed E-state index contributed by atoms with van der Waals surface area (Å²) in [5.74, 6) is -0.0659. The SMILES string of the molecule is C[C@H]1CN(C)c2ccccc2CN1C(=O)[C@H]1CCNC(=O)C1. The minimum atomic E-state index is -0.174. The number of carbonyl (C=O) groups is 2. The topological polar surface area (TPSA) is 52.6 Å². The van der Waals surface area contributed by atoms with E-state index in [1.54, 1.807) is 0 Å². The first kappa shape index (κ1) is 14.9. The van der Waals surface area contributed by atoms with Crippen LogP contribution in [0.3, 0.4) is 0 Å². The predicted octanol–water partition coefficient (Wildman–Crippen LogP) is 1.38. The first-order valence-corrected chi connectivity index (χ1v) is 7.92. The molecule has 0 bridgehead atoms. The molecule has 0 aliphatic carbocycles. The number of likely N-dealkylation sites (N-methyl/N-ethyl adjacent to an activating group) is 1. The molecule has 2 atom stereocenters. The van der Waals surface area contributed by atoms with Crippen LogP contribution in [0, 0.1) is 5.92 Å². The first-order valence-electron chi connectivity index (χ1n) is 7.92. The van der Waals surface area contributed by atoms with Gasteiger partial charge in [0.15, 0.2) is 0 Å². The fraction of sp³-hybridized carbons (Fsp3) is 0.529. The quantitative estimate of drug-likeness (QED) is 0.852. The van der Waals surface area contributed by atoms with Crippen LogP contribution in [0.15, 0.2) is 24.3 Å². The molecule has 0 radical (unpaired) electrons. The van der Waals surface area contributed by atoms with Crippen LogP contribution >= 0.6 is 0 Å². The van der Waals surface area contributed by atoms with Crippen molar-refractivity contribution >= 4 is 17.5 Å². The van der Waals surface area contributed by atoms with Crippen LogP contribution in [-0.4, -0.2) is 42.9 Å². The van der Waals surface area contributed by atoms with Gasteiger partial charge in [0.05, 0.1) is 0 Å². The number of hydrogen-bond donors (Lipinski definition) is 1. The van der Waals surface area contributed by atoms with Gasteiger partial charge in [-0.15, -0.1) is 0 Å². The van der Waals surface area contributed by atoms with Crippen LogP contribution in [0.25, 0.3) is 0 Å². The molecule has 3 rings (SSSR count). The van der Waals surface area contributed by atoms with Gasteiger partial charge in [-0.25, -0.2) is 0 Å². The van der Waals surface area contributed by atoms with Gasteiger partial charge in [0.2, 0.25) is 11.8 Å². The second kappa shape index (κ2) is 5.99. The summed E-state index contributed by atoms with van der Waals surface area (Å²) in [5, 5.41) is 2.80. The highest BCUT2D eigenvalue weighted by Gasteiger charge is 2.33. The number of benzene rings is 1. The van der Waals surface area contributed by atoms with Crippen LogP contribution < -0.4 is 10.2 Å². The van der Waals surface area contributed by atoms with E-state index in [0.29, 0.717) is 19.5 Å². The summed E-state index contributed by atoms with van der Waals surface area (Å²) in [7, 11) is 2.07. The van der Waals surface area contributed by atoms with Crippen LogP contribution in [-0.2, 0) is 16.1 Å². The van der Waals surface area contributed by atoms with Crippen molar-refractivity contribution in [2.45, 2.75) is 32.4 Å². The molecule has 1 aromatic carbocycles. The van der Waals surface area contributed by atoms with Gasteiger partial charge in [-0.1, -0.05) is 18.2 Å². The van der Waals surface area contributed by atoms with Gasteiger partial charge in [0, 0.05) is 50.7 Å². The summed E-state index contributed by atoms with van der Waals surface area (Å²) in [6.45, 7) is 4.12. The summed E-state index contributed by atoms with van der Waals surface area (Å²) < 4.78 is 0. The summed E-state index contributed by atoms with van der Waals surface area (Å²) in [6.07, 6.45) is 1.06. The number of nitrogens with one attached hydrogen (secondary N) is 1. The molecular weight excluding hydrogens is 278 g/mol. The number of fused-ring (bicyclic) bond motifs is 1. The normalized spacial score (nSPS) is 25.3. The summed E-state index contributed by atoms with van der Waals surface area (Å²) in [5.41, 5.74) is 2.36. The molecule has 0 unspecified atom stereocenters. The highest BCUT2D eigenvalue weighted by molar-refractivity contribution is 5.87. The van der Waals surface area contributed by atoms with E-state index in [2.05, 4.69) is 36.3 Å². The maximum atomic E-state index is 12.9. The van der Waals surface area contributed by atoms with Gasteiger partial charge in [0.25, 0.3) is 0 Å². The second-order valence-corrected chi connectivity index (χ2v) is 6.36. The number of anilines is 1. The largest absolute Gasteiger partial charge is 0.372 e. The van der Waals surface area contributed by atoms with Crippen LogP contribution in [0.4, 0.5) is 5.69 Å². The van der Waals surface area contributed by atoms with E-state index in [9.17, 15) is 9.59 Å². The molecule has 1 aromatic rings. The van der Waals surface area contributed by atoms with Crippen molar-refractivity contribution in [2.75, 3.05) is 25.0 Å². The van der Waals surface area contributed by atoms with E-state index < -0.39 is 0 Å². The molecule has 1 N–H and O–H groups in total. The molecule has 118 valence electrons. The zero-order valence-electron chi connectivity index (χ0n) is 13.2. The second-order valence-electron chi connectivity index (χ2n) is 6.36. The van der Waals surface area contributed by atoms with Crippen molar-refractivity contribution in [1.82, 2.24) is 10.2 Å². The van der Waals surface area contributed by atoms with Gasteiger partial charge in [0.1, 0.15) is 0 Å². The standard InChI is InChI=1S/C17H23N3O2/c1-12-10-19(2)15-6-4-3-5-14(15)11-20(12)17(22)13-7-8-18-16(21)9-13/h3-6,12-13H,7-11H2,1-2H3,(H,18,21)/t12-,13-/m0/s1. The molecule has 2 aliphatic heterocycles. The highest BCUT2D eigenvalue weighted by Crippen LogP contribution is 2.28. The smallest absolute Gasteiger partial charge is 0.226 e. The Morgan fingerprint density at radius 1 is 1.32 bits per heavy atom. The van der Waals surface area contributed by atoms with Crippen LogP contribution in [0.5, 0.6) is 0 Å². The summed E-state index contributed by atoms with van der Waals surface area (Å²) >= 11 is 0. The van der Waals surface area contributed by atoms with Crippen molar-refractivity contribution in [1.29, 1.82) is 0 Å². The lowest BCUT2D eigenvalue weighted by Gasteiger charge is -2.33. The molecule has 2 aliphatic rings. The Balaban J connectivity index is 1.84. The first-order chi connectivity index (χ1) is 10.6. The van der Waals surface area contributed by atoms with E-state index in [0.717, 1.165) is 13.0 Å². The number of hydrogen-bond acceptors (Lipinski definition) is 3. The van der Waals surface area contributed by atoms with Gasteiger partial charge in [-0.3, -0.25) is 9.59 Å². The van der Waals surface area contributed by atoms with Crippen molar-refractivity contribution in [3.63, 3.8) is 0 Å². The molecule has 2 amide bonds. The summed E-state index contributed by atoms with van der Waals surface area (Å²) in [4.78, 5) is 28.6. The molecule has 1 saturated heterocycles. The lowest BCUT2D eigenvalue weighted by Crippen LogP contribution is -2.47. The van der Waals surface area contributed by atoms with Crippen molar-refractivity contribution in [3.8, 4) is 0 Å². The number of piperidine rings is 1. The molecule has 0 aromatic heterocycles. The fourth-order valence-electron chi connectivity index (χ4n) is 3.47. The maximum Gasteiger partial charge on any atom is 0.226 e. The van der Waals surface area contributed by atoms with Crippen LogP contribution in [0.1, 0.15) is 25.3 Å².